The van der Waals surface area contributed by atoms with Gasteiger partial charge in [0.1, 0.15) is 12.6 Å². The van der Waals surface area contributed by atoms with Crippen molar-refractivity contribution in [1.29, 1.82) is 0 Å². The summed E-state index contributed by atoms with van der Waals surface area (Å²) in [6.45, 7) is 11.8. The molecule has 0 aromatic rings. The number of allylic oxidation sites excluding steroid dienone is 4. The van der Waals surface area contributed by atoms with Gasteiger partial charge >= 0.3 is 0 Å². The molecule has 0 saturated carbocycles. The highest BCUT2D eigenvalue weighted by molar-refractivity contribution is 5.65. The summed E-state index contributed by atoms with van der Waals surface area (Å²) in [5, 5.41) is 9.39. The molecular formula is C20H36O3. The summed E-state index contributed by atoms with van der Waals surface area (Å²) in [4.78, 5) is 20.1. The number of carbonyl (C=O) groups excluding carboxylic acids is 2. The maximum Gasteiger partial charge on any atom is 0.142 e. The highest BCUT2D eigenvalue weighted by Gasteiger charge is 2.12. The van der Waals surface area contributed by atoms with Crippen molar-refractivity contribution in [3.05, 3.63) is 23.3 Å². The van der Waals surface area contributed by atoms with E-state index in [1.165, 1.54) is 5.57 Å². The van der Waals surface area contributed by atoms with E-state index in [2.05, 4.69) is 26.8 Å². The molecule has 0 aromatic heterocycles. The van der Waals surface area contributed by atoms with Gasteiger partial charge in [-0.3, -0.25) is 4.79 Å². The number of hydrogen-bond donors (Lipinski definition) is 1. The molecule has 0 spiro atoms. The molecule has 23 heavy (non-hydrogen) atoms. The first-order valence-electron chi connectivity index (χ1n) is 8.52. The lowest BCUT2D eigenvalue weighted by Crippen LogP contribution is -2.18. The van der Waals surface area contributed by atoms with E-state index in [-0.39, 0.29) is 0 Å². The molecule has 0 amide bonds. The van der Waals surface area contributed by atoms with Crippen LogP contribution in [0.2, 0.25) is 0 Å². The number of aliphatic hydroxyl groups is 1. The molecule has 3 nitrogen and oxygen atoms in total. The second-order valence-electron chi connectivity index (χ2n) is 7.18. The SMILES string of the molecule is CC(C)=CCC/C(C)=C/C=O.CC(CC=O)CCCC(C)(C)O. The van der Waals surface area contributed by atoms with Gasteiger partial charge in [0.15, 0.2) is 0 Å². The van der Waals surface area contributed by atoms with E-state index in [9.17, 15) is 14.7 Å². The average Bonchev–Trinajstić information content (AvgIpc) is 2.38. The first-order chi connectivity index (χ1) is 10.6. The monoisotopic (exact) mass is 324 g/mol. The second-order valence-corrected chi connectivity index (χ2v) is 7.18. The molecule has 0 bridgehead atoms. The minimum absolute atomic E-state index is 0.463. The van der Waals surface area contributed by atoms with Crippen molar-refractivity contribution >= 4 is 12.6 Å². The van der Waals surface area contributed by atoms with E-state index >= 15 is 0 Å². The Kier molecular flexibility index (Phi) is 15.0. The van der Waals surface area contributed by atoms with E-state index in [0.717, 1.165) is 50.2 Å². The van der Waals surface area contributed by atoms with Crippen LogP contribution in [0.5, 0.6) is 0 Å². The van der Waals surface area contributed by atoms with Crippen molar-refractivity contribution in [1.82, 2.24) is 0 Å². The zero-order valence-electron chi connectivity index (χ0n) is 15.9. The second kappa shape index (κ2) is 14.4. The molecule has 0 aliphatic rings. The van der Waals surface area contributed by atoms with E-state index in [4.69, 9.17) is 0 Å². The average molecular weight is 325 g/mol. The zero-order chi connectivity index (χ0) is 18.3. The molecule has 0 rings (SSSR count). The van der Waals surface area contributed by atoms with Gasteiger partial charge in [0.05, 0.1) is 5.60 Å². The van der Waals surface area contributed by atoms with Crippen LogP contribution in [0.25, 0.3) is 0 Å². The molecule has 0 radical (unpaired) electrons. The Bertz CT molecular complexity index is 369. The third kappa shape index (κ3) is 23.2. The number of aldehydes is 2. The van der Waals surface area contributed by atoms with Crippen molar-refractivity contribution in [2.45, 2.75) is 85.7 Å². The van der Waals surface area contributed by atoms with Gasteiger partial charge in [-0.2, -0.15) is 0 Å². The molecule has 0 saturated heterocycles. The normalized spacial score (nSPS) is 12.7. The molecular weight excluding hydrogens is 288 g/mol. The Morgan fingerprint density at radius 2 is 1.78 bits per heavy atom. The highest BCUT2D eigenvalue weighted by atomic mass is 16.3. The summed E-state index contributed by atoms with van der Waals surface area (Å²) in [5.41, 5.74) is 1.93. The van der Waals surface area contributed by atoms with Crippen molar-refractivity contribution in [2.75, 3.05) is 0 Å². The third-order valence-electron chi connectivity index (χ3n) is 3.43. The summed E-state index contributed by atoms with van der Waals surface area (Å²) in [6.07, 6.45) is 11.1. The molecule has 0 aliphatic heterocycles. The molecule has 0 aromatic carbocycles. The van der Waals surface area contributed by atoms with E-state index < -0.39 is 5.60 Å². The summed E-state index contributed by atoms with van der Waals surface area (Å²) < 4.78 is 0. The predicted molar refractivity (Wildman–Crippen MR) is 98.5 cm³/mol. The van der Waals surface area contributed by atoms with Crippen molar-refractivity contribution in [3.8, 4) is 0 Å². The van der Waals surface area contributed by atoms with Crippen LogP contribution in [0, 0.1) is 5.92 Å². The van der Waals surface area contributed by atoms with Crippen LogP contribution < -0.4 is 0 Å². The molecule has 3 heteroatoms. The Morgan fingerprint density at radius 3 is 2.22 bits per heavy atom. The van der Waals surface area contributed by atoms with Gasteiger partial charge in [-0.1, -0.05) is 37.0 Å². The Balaban J connectivity index is 0. The zero-order valence-corrected chi connectivity index (χ0v) is 15.9. The Labute approximate surface area is 142 Å². The fourth-order valence-corrected chi connectivity index (χ4v) is 1.95. The first kappa shape index (κ1) is 24.0. The molecule has 1 N–H and O–H groups in total. The number of rotatable bonds is 10. The molecule has 134 valence electrons. The first-order valence-corrected chi connectivity index (χ1v) is 8.52. The summed E-state index contributed by atoms with van der Waals surface area (Å²) in [5.74, 6) is 0.463. The lowest BCUT2D eigenvalue weighted by atomic mass is 9.96. The fourth-order valence-electron chi connectivity index (χ4n) is 1.95. The smallest absolute Gasteiger partial charge is 0.142 e. The van der Waals surface area contributed by atoms with Crippen LogP contribution in [-0.4, -0.2) is 23.3 Å². The lowest BCUT2D eigenvalue weighted by Gasteiger charge is -2.17. The quantitative estimate of drug-likeness (QED) is 0.348. The van der Waals surface area contributed by atoms with E-state index in [1.807, 2.05) is 20.8 Å². The largest absolute Gasteiger partial charge is 0.390 e. The molecule has 0 heterocycles. The minimum Gasteiger partial charge on any atom is -0.390 e. The van der Waals surface area contributed by atoms with Gasteiger partial charge in [-0.25, -0.2) is 0 Å². The lowest BCUT2D eigenvalue weighted by molar-refractivity contribution is -0.108. The van der Waals surface area contributed by atoms with Gasteiger partial charge in [0.2, 0.25) is 0 Å². The summed E-state index contributed by atoms with van der Waals surface area (Å²) in [7, 11) is 0. The van der Waals surface area contributed by atoms with Crippen LogP contribution in [0.4, 0.5) is 0 Å². The van der Waals surface area contributed by atoms with Crippen molar-refractivity contribution in [2.24, 2.45) is 5.92 Å². The van der Waals surface area contributed by atoms with Crippen LogP contribution in [-0.2, 0) is 9.59 Å². The minimum atomic E-state index is -0.555. The highest BCUT2D eigenvalue weighted by Crippen LogP contribution is 2.16. The van der Waals surface area contributed by atoms with Crippen molar-refractivity contribution < 1.29 is 14.7 Å². The van der Waals surface area contributed by atoms with Crippen LogP contribution in [0.3, 0.4) is 0 Å². The summed E-state index contributed by atoms with van der Waals surface area (Å²) in [6, 6.07) is 0. The van der Waals surface area contributed by atoms with Gasteiger partial charge in [0.25, 0.3) is 0 Å². The van der Waals surface area contributed by atoms with Gasteiger partial charge < -0.3 is 9.90 Å². The van der Waals surface area contributed by atoms with Crippen molar-refractivity contribution in [3.63, 3.8) is 0 Å². The molecule has 1 unspecified atom stereocenters. The maximum atomic E-state index is 10.1. The molecule has 0 aliphatic carbocycles. The Hall–Kier alpha value is -1.22. The molecule has 0 fully saturated rings. The topological polar surface area (TPSA) is 54.4 Å². The fraction of sp³-hybridized carbons (Fsp3) is 0.700. The molecule has 1 atom stereocenters. The van der Waals surface area contributed by atoms with E-state index in [0.29, 0.717) is 12.3 Å². The third-order valence-corrected chi connectivity index (χ3v) is 3.43. The summed E-state index contributed by atoms with van der Waals surface area (Å²) >= 11 is 0. The van der Waals surface area contributed by atoms with Gasteiger partial charge in [0, 0.05) is 6.42 Å². The number of carbonyl (C=O) groups is 2. The standard InChI is InChI=1S/C10H20O2.C10H16O/c1-9(6-8-11)5-4-7-10(2,3)12;1-9(2)5-4-6-10(3)7-8-11/h8-9,12H,4-7H2,1-3H3;5,7-8H,4,6H2,1-3H3/b;10-7+. The number of hydrogen-bond acceptors (Lipinski definition) is 3. The van der Waals surface area contributed by atoms with Crippen LogP contribution in [0.15, 0.2) is 23.3 Å². The van der Waals surface area contributed by atoms with Crippen LogP contribution in [0.1, 0.15) is 80.1 Å². The Morgan fingerprint density at radius 1 is 1.17 bits per heavy atom. The van der Waals surface area contributed by atoms with Gasteiger partial charge in [-0.15, -0.1) is 0 Å². The predicted octanol–water partition coefficient (Wildman–Crippen LogP) is 5.03. The van der Waals surface area contributed by atoms with Gasteiger partial charge in [-0.05, 0) is 65.9 Å². The van der Waals surface area contributed by atoms with Crippen LogP contribution >= 0.6 is 0 Å². The maximum absolute atomic E-state index is 10.1. The van der Waals surface area contributed by atoms with E-state index in [1.54, 1.807) is 6.08 Å².